The molecule has 4 aliphatic heterocycles. The van der Waals surface area contributed by atoms with E-state index in [0.717, 1.165) is 49.7 Å². The van der Waals surface area contributed by atoms with Gasteiger partial charge in [0.1, 0.15) is 59.9 Å². The summed E-state index contributed by atoms with van der Waals surface area (Å²) in [6, 6.07) is -2.35. The van der Waals surface area contributed by atoms with Crippen molar-refractivity contribution in [3.05, 3.63) is 35.4 Å². The molecule has 4 saturated heterocycles. The number of nitrogens with zero attached hydrogens (tertiary/aromatic N) is 9. The molecule has 3 N–H and O–H groups in total. The molecule has 4 heterocycles. The molecule has 1 aromatic rings. The normalized spacial score (nSPS) is 28.7. The number of likely N-dealkylation sites (tertiary alicyclic amines) is 1. The highest BCUT2D eigenvalue weighted by Gasteiger charge is 2.51. The first-order chi connectivity index (χ1) is 44.0. The zero-order valence-electron chi connectivity index (χ0n) is 57.8. The first-order valence-electron chi connectivity index (χ1n) is 34.5. The lowest BCUT2D eigenvalue weighted by atomic mass is 9.84. The Morgan fingerprint density at radius 2 is 1.22 bits per heavy atom. The van der Waals surface area contributed by atoms with Crippen LogP contribution < -0.4 is 16.0 Å². The zero-order valence-corrected chi connectivity index (χ0v) is 57.8. The molecule has 2 aliphatic carbocycles. The molecule has 24 heteroatoms. The molecule has 1 aromatic carbocycles. The molecule has 6 aliphatic rings. The molecule has 0 radical (unpaired) electrons. The van der Waals surface area contributed by atoms with E-state index in [1.165, 1.54) is 81.4 Å². The zero-order chi connectivity index (χ0) is 68.3. The molecule has 0 bridgehead atoms. The maximum atomic E-state index is 15.3. The fourth-order valence-electron chi connectivity index (χ4n) is 14.7. The minimum absolute atomic E-state index is 0.102. The Hall–Kier alpha value is -7.14. The molecule has 1 spiro atoms. The Morgan fingerprint density at radius 1 is 0.591 bits per heavy atom. The summed E-state index contributed by atoms with van der Waals surface area (Å²) in [5.74, 6) is -7.60. The minimum atomic E-state index is -1.48. The third-order valence-corrected chi connectivity index (χ3v) is 21.4. The summed E-state index contributed by atoms with van der Waals surface area (Å²) in [7, 11) is 8.84. The summed E-state index contributed by atoms with van der Waals surface area (Å²) < 4.78 is 0. The van der Waals surface area contributed by atoms with Crippen LogP contribution in [-0.2, 0) is 64.0 Å². The number of aryl methyl sites for hydroxylation is 2. The van der Waals surface area contributed by atoms with E-state index in [4.69, 9.17) is 0 Å². The van der Waals surface area contributed by atoms with Gasteiger partial charge in [-0.1, -0.05) is 109 Å². The van der Waals surface area contributed by atoms with Crippen molar-refractivity contribution >= 4 is 70.9 Å². The number of fused-ring (bicyclic) bond motifs is 2. The molecular formula is C69H108N12O12. The van der Waals surface area contributed by atoms with E-state index < -0.39 is 156 Å². The fourth-order valence-corrected chi connectivity index (χ4v) is 14.7. The molecule has 24 nitrogen and oxygen atoms in total. The van der Waals surface area contributed by atoms with Gasteiger partial charge in [-0.3, -0.25) is 57.5 Å². The quantitative estimate of drug-likeness (QED) is 0.320. The van der Waals surface area contributed by atoms with Crippen LogP contribution in [-0.4, -0.2) is 250 Å². The number of amides is 12. The Balaban J connectivity index is 1.25. The van der Waals surface area contributed by atoms with Crippen LogP contribution in [0.3, 0.4) is 0 Å². The van der Waals surface area contributed by atoms with Crippen LogP contribution >= 0.6 is 0 Å². The largest absolute Gasteiger partial charge is 0.343 e. The smallest absolute Gasteiger partial charge is 0.248 e. The van der Waals surface area contributed by atoms with Gasteiger partial charge in [0.2, 0.25) is 70.9 Å². The van der Waals surface area contributed by atoms with Crippen molar-refractivity contribution in [1.29, 1.82) is 0 Å². The molecule has 93 heavy (non-hydrogen) atoms. The number of rotatable bonds is 9. The molecule has 0 unspecified atom stereocenters. The van der Waals surface area contributed by atoms with Gasteiger partial charge in [-0.05, 0) is 115 Å². The average Bonchev–Trinajstić information content (AvgIpc) is 1.77. The van der Waals surface area contributed by atoms with E-state index in [1.807, 2.05) is 38.1 Å². The van der Waals surface area contributed by atoms with Gasteiger partial charge in [0.05, 0.1) is 13.0 Å². The van der Waals surface area contributed by atoms with Crippen LogP contribution in [0, 0.1) is 24.7 Å². The number of nitrogens with one attached hydrogen (secondary N) is 3. The minimum Gasteiger partial charge on any atom is -0.343 e. The lowest BCUT2D eigenvalue weighted by molar-refractivity contribution is -0.160. The second-order valence-corrected chi connectivity index (χ2v) is 28.2. The van der Waals surface area contributed by atoms with Crippen molar-refractivity contribution in [3.63, 3.8) is 0 Å². The fraction of sp³-hybridized carbons (Fsp3) is 0.739. The van der Waals surface area contributed by atoms with Crippen LogP contribution in [0.1, 0.15) is 175 Å². The summed E-state index contributed by atoms with van der Waals surface area (Å²) in [6.07, 6.45) is 10.4. The summed E-state index contributed by atoms with van der Waals surface area (Å²) in [4.78, 5) is 190. The summed E-state index contributed by atoms with van der Waals surface area (Å²) in [5.41, 5.74) is 0.477. The number of hydrogen-bond donors (Lipinski definition) is 3. The maximum Gasteiger partial charge on any atom is 0.248 e. The molecule has 0 aromatic heterocycles. The van der Waals surface area contributed by atoms with Gasteiger partial charge < -0.3 is 60.0 Å². The van der Waals surface area contributed by atoms with Gasteiger partial charge in [0, 0.05) is 68.5 Å². The number of benzene rings is 1. The Bertz CT molecular complexity index is 2890. The molecule has 12 amide bonds. The lowest BCUT2D eigenvalue weighted by Gasteiger charge is -2.45. The summed E-state index contributed by atoms with van der Waals surface area (Å²) in [6.45, 7) is 12.9. The predicted molar refractivity (Wildman–Crippen MR) is 350 cm³/mol. The highest BCUT2D eigenvalue weighted by Crippen LogP contribution is 2.35. The second kappa shape index (κ2) is 32.3. The van der Waals surface area contributed by atoms with Gasteiger partial charge in [-0.25, -0.2) is 0 Å². The van der Waals surface area contributed by atoms with Crippen LogP contribution in [0.15, 0.2) is 24.3 Å². The van der Waals surface area contributed by atoms with Gasteiger partial charge >= 0.3 is 0 Å². The molecule has 10 atom stereocenters. The Kier molecular flexibility index (Phi) is 25.5. The van der Waals surface area contributed by atoms with E-state index in [0.29, 0.717) is 70.9 Å². The molecule has 2 saturated carbocycles. The van der Waals surface area contributed by atoms with Crippen LogP contribution in [0.4, 0.5) is 0 Å². The van der Waals surface area contributed by atoms with Crippen LogP contribution in [0.25, 0.3) is 0 Å². The highest BCUT2D eigenvalue weighted by atomic mass is 16.2. The monoisotopic (exact) mass is 1300 g/mol. The number of likely N-dealkylation sites (N-methyl/N-ethyl adjacent to an activating group) is 6. The predicted octanol–water partition coefficient (Wildman–Crippen LogP) is 3.64. The van der Waals surface area contributed by atoms with Gasteiger partial charge in [-0.2, -0.15) is 0 Å². The summed E-state index contributed by atoms with van der Waals surface area (Å²) >= 11 is 0. The lowest BCUT2D eigenvalue weighted by Crippen LogP contribution is -2.65. The van der Waals surface area contributed by atoms with E-state index in [-0.39, 0.29) is 44.7 Å². The van der Waals surface area contributed by atoms with Crippen LogP contribution in [0.5, 0.6) is 0 Å². The van der Waals surface area contributed by atoms with E-state index in [1.54, 1.807) is 39.6 Å². The topological polar surface area (TPSA) is 270 Å². The van der Waals surface area contributed by atoms with Crippen molar-refractivity contribution in [2.75, 3.05) is 75.0 Å². The van der Waals surface area contributed by atoms with E-state index in [9.17, 15) is 43.2 Å². The van der Waals surface area contributed by atoms with E-state index >= 15 is 14.4 Å². The first kappa shape index (κ1) is 73.3. The highest BCUT2D eigenvalue weighted by molar-refractivity contribution is 6.01. The third-order valence-electron chi connectivity index (χ3n) is 21.4. The number of carbonyl (C=O) groups is 12. The number of piperidine rings is 1. The number of carbonyl (C=O) groups excluding carboxylic acids is 12. The Labute approximate surface area is 551 Å². The van der Waals surface area contributed by atoms with E-state index in [2.05, 4.69) is 16.0 Å². The van der Waals surface area contributed by atoms with Crippen molar-refractivity contribution < 1.29 is 57.5 Å². The molecular weight excluding hydrogens is 1190 g/mol. The van der Waals surface area contributed by atoms with Crippen molar-refractivity contribution in [2.24, 2.45) is 17.8 Å². The molecule has 516 valence electrons. The van der Waals surface area contributed by atoms with Crippen molar-refractivity contribution in [1.82, 2.24) is 60.0 Å². The van der Waals surface area contributed by atoms with Crippen molar-refractivity contribution in [3.8, 4) is 0 Å². The molecule has 7 rings (SSSR count). The third kappa shape index (κ3) is 17.0. The molecule has 6 fully saturated rings. The first-order valence-corrected chi connectivity index (χ1v) is 34.5. The average molecular weight is 1300 g/mol. The van der Waals surface area contributed by atoms with Crippen molar-refractivity contribution in [2.45, 2.75) is 237 Å². The van der Waals surface area contributed by atoms with Gasteiger partial charge in [-0.15, -0.1) is 0 Å². The van der Waals surface area contributed by atoms with Crippen LogP contribution in [0.2, 0.25) is 0 Å². The Morgan fingerprint density at radius 3 is 1.82 bits per heavy atom. The van der Waals surface area contributed by atoms with Gasteiger partial charge in [0.15, 0.2) is 0 Å². The second-order valence-electron chi connectivity index (χ2n) is 28.2. The standard InChI is InChI=1S/C69H108N12O12/c1-14-45(5)57-66(91)75(10)47(7)61(86)81-39-33-52(81)64(89)76(11)53(40-49-24-17-15-18-25-49)63(88)73(8)42-55(82)70-50(32-31-48-29-27-44(4)28-30-48)62(87)80-38-23-26-51(80)60(85)72-69(34-19-20-35-69)68(93)78(13)58(43(2)3)67(92)77(12)54(65(90)79-36-21-16-22-37-79)41-56(83)74(9)46(6)59(84)71-57/h27-30,43,45-47,49-54,57-58H,14-26,31-42H2,1-13H3,(H,70,82)(H,71,84)(H,72,85)/t45-,46-,47-,50-,51-,52-,53-,54-,57-,58-/m0/s1. The summed E-state index contributed by atoms with van der Waals surface area (Å²) in [5, 5.41) is 8.91. The maximum absolute atomic E-state index is 15.3. The SMILES string of the molecule is CC[C@H](C)[C@@H]1NC(=O)[C@H](C)N(C)C(=O)C[C@@H](C(=O)N2CCCCC2)N(C)C(=O)[C@H](C(C)C)N(C)C(=O)C2(CCCC2)NC(=O)[C@@H]2CCCN2C(=O)[C@H](CCc2ccc(C)cc2)NC(=O)CN(C)C(=O)[C@H](CC2CCCCC2)N(C)C(=O)[C@@H]2CCN2C(=O)[C@H](C)N(C)C1=O. The number of hydrogen-bond acceptors (Lipinski definition) is 12. The van der Waals surface area contributed by atoms with Gasteiger partial charge in [0.25, 0.3) is 0 Å².